The van der Waals surface area contributed by atoms with E-state index < -0.39 is 5.82 Å². The van der Waals surface area contributed by atoms with Gasteiger partial charge in [0.15, 0.2) is 5.78 Å². The van der Waals surface area contributed by atoms with Crippen molar-refractivity contribution < 1.29 is 14.3 Å². The number of hydrogen-bond donors (Lipinski definition) is 1. The maximum atomic E-state index is 13.3. The summed E-state index contributed by atoms with van der Waals surface area (Å²) < 4.78 is 13.3. The van der Waals surface area contributed by atoms with Crippen molar-refractivity contribution in [2.45, 2.75) is 19.4 Å². The highest BCUT2D eigenvalue weighted by atomic mass is 19.1. The molecule has 21 heavy (non-hydrogen) atoms. The van der Waals surface area contributed by atoms with E-state index in [0.717, 1.165) is 24.2 Å². The molecule has 3 rings (SSSR count). The van der Waals surface area contributed by atoms with E-state index in [2.05, 4.69) is 13.0 Å². The minimum absolute atomic E-state index is 0.0339. The van der Waals surface area contributed by atoms with Crippen LogP contribution in [0.3, 0.4) is 0 Å². The molecule has 1 N–H and O–H groups in total. The fraction of sp³-hybridized carbons (Fsp3) is 0.235. The molecule has 1 aliphatic heterocycles. The summed E-state index contributed by atoms with van der Waals surface area (Å²) in [6.07, 6.45) is 0.887. The molecule has 1 atom stereocenters. The lowest BCUT2D eigenvalue weighted by Crippen LogP contribution is -2.34. The van der Waals surface area contributed by atoms with Crippen LogP contribution < -0.4 is 4.90 Å². The molecule has 0 bridgehead atoms. The highest BCUT2D eigenvalue weighted by molar-refractivity contribution is 6.01. The van der Waals surface area contributed by atoms with E-state index in [1.807, 2.05) is 23.1 Å². The zero-order valence-corrected chi connectivity index (χ0v) is 11.7. The van der Waals surface area contributed by atoms with Crippen molar-refractivity contribution in [2.75, 3.05) is 11.4 Å². The molecule has 0 aliphatic carbocycles. The number of carbonyl (C=O) groups is 1. The van der Waals surface area contributed by atoms with Gasteiger partial charge in [-0.3, -0.25) is 4.79 Å². The molecule has 0 fully saturated rings. The topological polar surface area (TPSA) is 40.5 Å². The number of para-hydroxylation sites is 1. The minimum atomic E-state index is -0.522. The van der Waals surface area contributed by atoms with Gasteiger partial charge in [0.25, 0.3) is 0 Å². The third-order valence-electron chi connectivity index (χ3n) is 3.92. The largest absolute Gasteiger partial charge is 0.507 e. The molecular weight excluding hydrogens is 269 g/mol. The first-order valence-electron chi connectivity index (χ1n) is 6.92. The van der Waals surface area contributed by atoms with Gasteiger partial charge in [-0.2, -0.15) is 0 Å². The monoisotopic (exact) mass is 285 g/mol. The Morgan fingerprint density at radius 1 is 1.33 bits per heavy atom. The molecule has 0 spiro atoms. The maximum Gasteiger partial charge on any atom is 0.185 e. The standard InChI is InChI=1S/C17H16FNO2/c1-11-8-12-4-2-3-5-15(12)19(11)10-17(21)14-9-13(18)6-7-16(14)20/h2-7,9,11,20H,8,10H2,1H3. The van der Waals surface area contributed by atoms with E-state index in [-0.39, 0.29) is 29.7 Å². The smallest absolute Gasteiger partial charge is 0.185 e. The molecule has 0 saturated carbocycles. The normalized spacial score (nSPS) is 16.9. The first kappa shape index (κ1) is 13.6. The van der Waals surface area contributed by atoms with Gasteiger partial charge in [0.05, 0.1) is 12.1 Å². The fourth-order valence-corrected chi connectivity index (χ4v) is 2.84. The number of phenols is 1. The minimum Gasteiger partial charge on any atom is -0.507 e. The van der Waals surface area contributed by atoms with Crippen molar-refractivity contribution in [1.82, 2.24) is 0 Å². The average molecular weight is 285 g/mol. The highest BCUT2D eigenvalue weighted by Gasteiger charge is 2.28. The van der Waals surface area contributed by atoms with Gasteiger partial charge < -0.3 is 10.0 Å². The van der Waals surface area contributed by atoms with E-state index in [9.17, 15) is 14.3 Å². The molecule has 3 nitrogen and oxygen atoms in total. The molecule has 0 aromatic heterocycles. The number of fused-ring (bicyclic) bond motifs is 1. The van der Waals surface area contributed by atoms with Crippen molar-refractivity contribution in [3.8, 4) is 5.75 Å². The van der Waals surface area contributed by atoms with Crippen LogP contribution >= 0.6 is 0 Å². The number of benzene rings is 2. The third-order valence-corrected chi connectivity index (χ3v) is 3.92. The summed E-state index contributed by atoms with van der Waals surface area (Å²) in [4.78, 5) is 14.4. The number of ketones is 1. The second-order valence-corrected chi connectivity index (χ2v) is 5.39. The van der Waals surface area contributed by atoms with Crippen LogP contribution in [0.1, 0.15) is 22.8 Å². The molecule has 0 radical (unpaired) electrons. The van der Waals surface area contributed by atoms with Crippen LogP contribution in [-0.2, 0) is 6.42 Å². The first-order chi connectivity index (χ1) is 10.1. The Labute approximate surface area is 122 Å². The summed E-state index contributed by atoms with van der Waals surface area (Å²) in [5, 5.41) is 9.73. The summed E-state index contributed by atoms with van der Waals surface area (Å²) in [5.41, 5.74) is 2.28. The van der Waals surface area contributed by atoms with Crippen LogP contribution in [0.2, 0.25) is 0 Å². The Balaban J connectivity index is 1.87. The van der Waals surface area contributed by atoms with Crippen LogP contribution in [-0.4, -0.2) is 23.5 Å². The number of halogens is 1. The number of hydrogen-bond acceptors (Lipinski definition) is 3. The van der Waals surface area contributed by atoms with Crippen molar-refractivity contribution in [3.05, 3.63) is 59.4 Å². The predicted octanol–water partition coefficient (Wildman–Crippen LogP) is 3.17. The molecular formula is C17H16FNO2. The SMILES string of the molecule is CC1Cc2ccccc2N1CC(=O)c1cc(F)ccc1O. The summed E-state index contributed by atoms with van der Waals surface area (Å²) in [5.74, 6) is -0.983. The van der Waals surface area contributed by atoms with E-state index >= 15 is 0 Å². The molecule has 108 valence electrons. The van der Waals surface area contributed by atoms with Gasteiger partial charge in [0, 0.05) is 11.7 Å². The van der Waals surface area contributed by atoms with Gasteiger partial charge in [0.2, 0.25) is 0 Å². The van der Waals surface area contributed by atoms with Gasteiger partial charge >= 0.3 is 0 Å². The van der Waals surface area contributed by atoms with Gasteiger partial charge in [-0.05, 0) is 43.2 Å². The molecule has 1 unspecified atom stereocenters. The fourth-order valence-electron chi connectivity index (χ4n) is 2.84. The van der Waals surface area contributed by atoms with Gasteiger partial charge in [-0.15, -0.1) is 0 Å². The number of Topliss-reactive ketones (excluding diaryl/α,β-unsaturated/α-hetero) is 1. The van der Waals surface area contributed by atoms with Crippen LogP contribution in [0.15, 0.2) is 42.5 Å². The number of aromatic hydroxyl groups is 1. The second-order valence-electron chi connectivity index (χ2n) is 5.39. The Hall–Kier alpha value is -2.36. The zero-order valence-electron chi connectivity index (χ0n) is 11.7. The lowest BCUT2D eigenvalue weighted by atomic mass is 10.1. The van der Waals surface area contributed by atoms with Crippen molar-refractivity contribution in [2.24, 2.45) is 0 Å². The van der Waals surface area contributed by atoms with E-state index in [1.165, 1.54) is 11.6 Å². The summed E-state index contributed by atoms with van der Waals surface area (Å²) in [7, 11) is 0. The lowest BCUT2D eigenvalue weighted by Gasteiger charge is -2.24. The van der Waals surface area contributed by atoms with Gasteiger partial charge in [0.1, 0.15) is 11.6 Å². The number of nitrogens with zero attached hydrogens (tertiary/aromatic N) is 1. The Morgan fingerprint density at radius 2 is 2.10 bits per heavy atom. The Morgan fingerprint density at radius 3 is 2.90 bits per heavy atom. The lowest BCUT2D eigenvalue weighted by molar-refractivity contribution is 0.0994. The molecule has 1 aliphatic rings. The van der Waals surface area contributed by atoms with Crippen molar-refractivity contribution in [3.63, 3.8) is 0 Å². The Kier molecular flexibility index (Phi) is 3.37. The van der Waals surface area contributed by atoms with Crippen LogP contribution in [0.25, 0.3) is 0 Å². The predicted molar refractivity (Wildman–Crippen MR) is 79.3 cm³/mol. The maximum absolute atomic E-state index is 13.3. The quantitative estimate of drug-likeness (QED) is 0.881. The number of anilines is 1. The van der Waals surface area contributed by atoms with Gasteiger partial charge in [-0.25, -0.2) is 4.39 Å². The molecule has 4 heteroatoms. The summed E-state index contributed by atoms with van der Waals surface area (Å²) in [6.45, 7) is 2.19. The second kappa shape index (κ2) is 5.20. The Bertz CT molecular complexity index is 699. The molecule has 2 aromatic rings. The van der Waals surface area contributed by atoms with E-state index in [4.69, 9.17) is 0 Å². The highest BCUT2D eigenvalue weighted by Crippen LogP contribution is 2.32. The summed E-state index contributed by atoms with van der Waals surface area (Å²) in [6, 6.07) is 11.6. The van der Waals surface area contributed by atoms with Crippen LogP contribution in [0.4, 0.5) is 10.1 Å². The molecule has 1 heterocycles. The number of rotatable bonds is 3. The number of carbonyl (C=O) groups excluding carboxylic acids is 1. The molecule has 0 amide bonds. The first-order valence-corrected chi connectivity index (χ1v) is 6.92. The molecule has 2 aromatic carbocycles. The van der Waals surface area contributed by atoms with Crippen LogP contribution in [0, 0.1) is 5.82 Å². The number of phenolic OH excluding ortho intramolecular Hbond substituents is 1. The zero-order chi connectivity index (χ0) is 15.0. The average Bonchev–Trinajstić information content (AvgIpc) is 2.78. The van der Waals surface area contributed by atoms with Crippen LogP contribution in [0.5, 0.6) is 5.75 Å². The molecule has 0 saturated heterocycles. The third kappa shape index (κ3) is 2.49. The van der Waals surface area contributed by atoms with Crippen molar-refractivity contribution >= 4 is 11.5 Å². The van der Waals surface area contributed by atoms with E-state index in [0.29, 0.717) is 0 Å². The van der Waals surface area contributed by atoms with Gasteiger partial charge in [-0.1, -0.05) is 18.2 Å². The van der Waals surface area contributed by atoms with E-state index in [1.54, 1.807) is 0 Å². The summed E-state index contributed by atoms with van der Waals surface area (Å²) >= 11 is 0. The van der Waals surface area contributed by atoms with Crippen molar-refractivity contribution in [1.29, 1.82) is 0 Å².